The Morgan fingerprint density at radius 1 is 1.17 bits per heavy atom. The maximum Gasteiger partial charge on any atom is 0.231 e. The number of nitrogens with one attached hydrogen (secondary N) is 1. The molecule has 3 heteroatoms. The highest BCUT2D eigenvalue weighted by molar-refractivity contribution is 5.56. The van der Waals surface area contributed by atoms with E-state index in [1.807, 2.05) is 6.07 Å². The van der Waals surface area contributed by atoms with Crippen molar-refractivity contribution in [1.82, 2.24) is 0 Å². The molecule has 1 aromatic carbocycles. The smallest absolute Gasteiger partial charge is 0.231 e. The number of anilines is 1. The quantitative estimate of drug-likeness (QED) is 0.881. The topological polar surface area (TPSA) is 30.5 Å². The van der Waals surface area contributed by atoms with Crippen molar-refractivity contribution in [3.8, 4) is 11.5 Å². The van der Waals surface area contributed by atoms with E-state index in [9.17, 15) is 0 Å². The average Bonchev–Trinajstić information content (AvgIpc) is 2.87. The van der Waals surface area contributed by atoms with Crippen molar-refractivity contribution in [2.75, 3.05) is 12.1 Å². The van der Waals surface area contributed by atoms with Gasteiger partial charge < -0.3 is 14.8 Å². The number of ether oxygens (including phenoxy) is 2. The molecule has 1 heterocycles. The van der Waals surface area contributed by atoms with E-state index in [1.165, 1.54) is 32.1 Å². The third kappa shape index (κ3) is 2.26. The van der Waals surface area contributed by atoms with Crippen LogP contribution in [0.15, 0.2) is 18.2 Å². The molecular formula is C15H21NO2. The van der Waals surface area contributed by atoms with Gasteiger partial charge in [0, 0.05) is 17.8 Å². The molecule has 0 amide bonds. The minimum atomic E-state index is 0.347. The highest BCUT2D eigenvalue weighted by atomic mass is 16.7. The molecule has 3 rings (SSSR count). The van der Waals surface area contributed by atoms with Crippen LogP contribution < -0.4 is 14.8 Å². The Morgan fingerprint density at radius 2 is 2.00 bits per heavy atom. The molecule has 1 aliphatic carbocycles. The number of rotatable bonds is 3. The third-order valence-electron chi connectivity index (χ3n) is 4.16. The Hall–Kier alpha value is -1.38. The van der Waals surface area contributed by atoms with Crippen LogP contribution in [0.1, 0.15) is 39.0 Å². The minimum absolute atomic E-state index is 0.347. The van der Waals surface area contributed by atoms with Gasteiger partial charge in [0.25, 0.3) is 0 Å². The fraction of sp³-hybridized carbons (Fsp3) is 0.600. The second kappa shape index (κ2) is 5.09. The van der Waals surface area contributed by atoms with E-state index in [0.29, 0.717) is 12.8 Å². The molecule has 98 valence electrons. The van der Waals surface area contributed by atoms with Gasteiger partial charge in [-0.1, -0.05) is 26.2 Å². The lowest BCUT2D eigenvalue weighted by atomic mass is 9.83. The second-order valence-electron chi connectivity index (χ2n) is 5.27. The van der Waals surface area contributed by atoms with Gasteiger partial charge in [-0.3, -0.25) is 0 Å². The number of fused-ring (bicyclic) bond motifs is 1. The molecule has 0 bridgehead atoms. The molecule has 2 atom stereocenters. The van der Waals surface area contributed by atoms with Gasteiger partial charge in [0.15, 0.2) is 11.5 Å². The lowest BCUT2D eigenvalue weighted by molar-refractivity contribution is 0.174. The van der Waals surface area contributed by atoms with E-state index in [4.69, 9.17) is 9.47 Å². The van der Waals surface area contributed by atoms with Crippen LogP contribution in [0.4, 0.5) is 5.69 Å². The summed E-state index contributed by atoms with van der Waals surface area (Å²) in [5.74, 6) is 2.53. The highest BCUT2D eigenvalue weighted by Gasteiger charge is 2.24. The maximum atomic E-state index is 5.42. The van der Waals surface area contributed by atoms with Crippen LogP contribution >= 0.6 is 0 Å². The first kappa shape index (κ1) is 11.7. The lowest BCUT2D eigenvalue weighted by Gasteiger charge is -2.32. The number of hydrogen-bond donors (Lipinski definition) is 1. The average molecular weight is 247 g/mol. The first-order chi connectivity index (χ1) is 8.86. The fourth-order valence-corrected chi connectivity index (χ4v) is 3.09. The van der Waals surface area contributed by atoms with Crippen molar-refractivity contribution in [3.63, 3.8) is 0 Å². The van der Waals surface area contributed by atoms with E-state index >= 15 is 0 Å². The molecule has 1 aromatic rings. The van der Waals surface area contributed by atoms with E-state index in [1.54, 1.807) is 0 Å². The van der Waals surface area contributed by atoms with Gasteiger partial charge in [-0.25, -0.2) is 0 Å². The van der Waals surface area contributed by atoms with Crippen molar-refractivity contribution >= 4 is 5.69 Å². The van der Waals surface area contributed by atoms with E-state index in [2.05, 4.69) is 24.4 Å². The first-order valence-corrected chi connectivity index (χ1v) is 7.03. The first-order valence-electron chi connectivity index (χ1n) is 7.03. The molecule has 0 spiro atoms. The van der Waals surface area contributed by atoms with Gasteiger partial charge in [0.2, 0.25) is 6.79 Å². The van der Waals surface area contributed by atoms with Crippen LogP contribution in [-0.4, -0.2) is 12.8 Å². The zero-order valence-corrected chi connectivity index (χ0v) is 10.9. The van der Waals surface area contributed by atoms with Crippen LogP contribution in [0.5, 0.6) is 11.5 Å². The molecule has 0 radical (unpaired) electrons. The van der Waals surface area contributed by atoms with Gasteiger partial charge in [-0.05, 0) is 30.9 Å². The normalized spacial score (nSPS) is 26.1. The molecule has 1 aliphatic heterocycles. The van der Waals surface area contributed by atoms with Crippen LogP contribution in [0, 0.1) is 5.92 Å². The standard InChI is InChI=1S/C15H21NO2/c1-2-11-5-3-4-6-13(11)16-12-7-8-14-15(9-12)18-10-17-14/h7-9,11,13,16H,2-6,10H2,1H3. The van der Waals surface area contributed by atoms with Crippen molar-refractivity contribution in [2.24, 2.45) is 5.92 Å². The van der Waals surface area contributed by atoms with Gasteiger partial charge in [-0.2, -0.15) is 0 Å². The summed E-state index contributed by atoms with van der Waals surface area (Å²) in [6, 6.07) is 6.76. The Balaban J connectivity index is 1.71. The summed E-state index contributed by atoms with van der Waals surface area (Å²) in [5, 5.41) is 3.68. The molecule has 2 aliphatic rings. The van der Waals surface area contributed by atoms with Crippen molar-refractivity contribution in [1.29, 1.82) is 0 Å². The van der Waals surface area contributed by atoms with Crippen LogP contribution in [0.25, 0.3) is 0 Å². The van der Waals surface area contributed by atoms with Gasteiger partial charge in [0.05, 0.1) is 0 Å². The molecule has 1 saturated carbocycles. The molecule has 1 fully saturated rings. The molecule has 0 aromatic heterocycles. The van der Waals surface area contributed by atoms with E-state index in [-0.39, 0.29) is 0 Å². The summed E-state index contributed by atoms with van der Waals surface area (Å²) in [7, 11) is 0. The van der Waals surface area contributed by atoms with Crippen LogP contribution in [0.2, 0.25) is 0 Å². The highest BCUT2D eigenvalue weighted by Crippen LogP contribution is 2.36. The summed E-state index contributed by atoms with van der Waals surface area (Å²) >= 11 is 0. The zero-order chi connectivity index (χ0) is 12.4. The summed E-state index contributed by atoms with van der Waals surface area (Å²) in [6.45, 7) is 2.64. The minimum Gasteiger partial charge on any atom is -0.454 e. The third-order valence-corrected chi connectivity index (χ3v) is 4.16. The van der Waals surface area contributed by atoms with Gasteiger partial charge in [0.1, 0.15) is 0 Å². The summed E-state index contributed by atoms with van der Waals surface area (Å²) in [6.07, 6.45) is 6.64. The summed E-state index contributed by atoms with van der Waals surface area (Å²) < 4.78 is 10.8. The largest absolute Gasteiger partial charge is 0.454 e. The van der Waals surface area contributed by atoms with Crippen molar-refractivity contribution < 1.29 is 9.47 Å². The predicted molar refractivity (Wildman–Crippen MR) is 72.2 cm³/mol. The second-order valence-corrected chi connectivity index (χ2v) is 5.27. The Bertz CT molecular complexity index is 419. The number of benzene rings is 1. The van der Waals surface area contributed by atoms with Crippen molar-refractivity contribution in [3.05, 3.63) is 18.2 Å². The zero-order valence-electron chi connectivity index (χ0n) is 10.9. The molecule has 1 N–H and O–H groups in total. The van der Waals surface area contributed by atoms with Crippen LogP contribution in [-0.2, 0) is 0 Å². The van der Waals surface area contributed by atoms with E-state index in [0.717, 1.165) is 23.1 Å². The van der Waals surface area contributed by atoms with Gasteiger partial charge >= 0.3 is 0 Å². The molecule has 2 unspecified atom stereocenters. The number of hydrogen-bond acceptors (Lipinski definition) is 3. The summed E-state index contributed by atoms with van der Waals surface area (Å²) in [5.41, 5.74) is 1.16. The van der Waals surface area contributed by atoms with Crippen molar-refractivity contribution in [2.45, 2.75) is 45.1 Å². The Kier molecular flexibility index (Phi) is 3.31. The molecule has 0 saturated heterocycles. The fourth-order valence-electron chi connectivity index (χ4n) is 3.09. The predicted octanol–water partition coefficient (Wildman–Crippen LogP) is 3.80. The summed E-state index contributed by atoms with van der Waals surface area (Å²) in [4.78, 5) is 0. The molecule has 3 nitrogen and oxygen atoms in total. The van der Waals surface area contributed by atoms with Gasteiger partial charge in [-0.15, -0.1) is 0 Å². The van der Waals surface area contributed by atoms with E-state index < -0.39 is 0 Å². The Labute approximate surface area is 108 Å². The maximum absolute atomic E-state index is 5.42. The monoisotopic (exact) mass is 247 g/mol. The SMILES string of the molecule is CCC1CCCCC1Nc1ccc2c(c1)OCO2. The van der Waals surface area contributed by atoms with Crippen LogP contribution in [0.3, 0.4) is 0 Å². The molecular weight excluding hydrogens is 226 g/mol. The molecule has 18 heavy (non-hydrogen) atoms. The Morgan fingerprint density at radius 3 is 2.89 bits per heavy atom. The lowest BCUT2D eigenvalue weighted by Crippen LogP contribution is -2.31.